The van der Waals surface area contributed by atoms with Crippen LogP contribution in [0.15, 0.2) is 18.2 Å². The molecule has 0 aliphatic rings. The van der Waals surface area contributed by atoms with Gasteiger partial charge < -0.3 is 5.32 Å². The molecule has 0 saturated carbocycles. The monoisotopic (exact) mass is 191 g/mol. The first kappa shape index (κ1) is 10.7. The van der Waals surface area contributed by atoms with Gasteiger partial charge in [0.15, 0.2) is 0 Å². The zero-order chi connectivity index (χ0) is 10.4. The van der Waals surface area contributed by atoms with Gasteiger partial charge in [0, 0.05) is 18.5 Å². The van der Waals surface area contributed by atoms with E-state index in [9.17, 15) is 4.39 Å². The van der Waals surface area contributed by atoms with Crippen LogP contribution in [0.5, 0.6) is 0 Å². The second-order valence-corrected chi connectivity index (χ2v) is 3.12. The van der Waals surface area contributed by atoms with Gasteiger partial charge in [0.2, 0.25) is 0 Å². The molecule has 0 radical (unpaired) electrons. The molecule has 14 heavy (non-hydrogen) atoms. The molecule has 0 atom stereocenters. The highest BCUT2D eigenvalue weighted by Crippen LogP contribution is 2.07. The average Bonchev–Trinajstić information content (AvgIpc) is 2.18. The molecular formula is C12H14FN. The van der Waals surface area contributed by atoms with Gasteiger partial charge >= 0.3 is 0 Å². The van der Waals surface area contributed by atoms with E-state index < -0.39 is 0 Å². The van der Waals surface area contributed by atoms with E-state index in [0.29, 0.717) is 5.56 Å². The molecule has 1 aromatic carbocycles. The summed E-state index contributed by atoms with van der Waals surface area (Å²) >= 11 is 0. The van der Waals surface area contributed by atoms with E-state index in [2.05, 4.69) is 17.2 Å². The summed E-state index contributed by atoms with van der Waals surface area (Å²) in [6.45, 7) is 2.61. The molecule has 1 aromatic rings. The number of aryl methyl sites for hydroxylation is 1. The van der Waals surface area contributed by atoms with Gasteiger partial charge in [-0.1, -0.05) is 17.9 Å². The molecule has 0 spiro atoms. The van der Waals surface area contributed by atoms with Gasteiger partial charge in [0.05, 0.1) is 0 Å². The van der Waals surface area contributed by atoms with Crippen LogP contribution in [-0.4, -0.2) is 13.6 Å². The molecule has 1 N–H and O–H groups in total. The topological polar surface area (TPSA) is 12.0 Å². The van der Waals surface area contributed by atoms with E-state index in [1.165, 1.54) is 6.07 Å². The van der Waals surface area contributed by atoms with E-state index in [4.69, 9.17) is 0 Å². The molecule has 0 aromatic heterocycles. The summed E-state index contributed by atoms with van der Waals surface area (Å²) in [4.78, 5) is 0. The third-order valence-electron chi connectivity index (χ3n) is 1.90. The standard InChI is InChI=1S/C12H14FN/c1-10-6-7-11(9-12(10)13)5-3-4-8-14-2/h6-7,9,14H,4,8H2,1-2H3. The highest BCUT2D eigenvalue weighted by atomic mass is 19.1. The van der Waals surface area contributed by atoms with Gasteiger partial charge in [0.1, 0.15) is 5.82 Å². The van der Waals surface area contributed by atoms with Crippen molar-refractivity contribution in [3.63, 3.8) is 0 Å². The predicted molar refractivity (Wildman–Crippen MR) is 56.6 cm³/mol. The Morgan fingerprint density at radius 1 is 1.43 bits per heavy atom. The molecule has 74 valence electrons. The first-order chi connectivity index (χ1) is 6.74. The second kappa shape index (κ2) is 5.41. The van der Waals surface area contributed by atoms with Crippen LogP contribution >= 0.6 is 0 Å². The fraction of sp³-hybridized carbons (Fsp3) is 0.333. The van der Waals surface area contributed by atoms with Crippen LogP contribution < -0.4 is 5.32 Å². The number of nitrogens with one attached hydrogen (secondary N) is 1. The molecule has 0 fully saturated rings. The SMILES string of the molecule is CNCCC#Cc1ccc(C)c(F)c1. The van der Waals surface area contributed by atoms with Crippen molar-refractivity contribution in [2.45, 2.75) is 13.3 Å². The van der Waals surface area contributed by atoms with Gasteiger partial charge in [-0.2, -0.15) is 0 Å². The number of halogens is 1. The highest BCUT2D eigenvalue weighted by molar-refractivity contribution is 5.36. The fourth-order valence-corrected chi connectivity index (χ4v) is 1.02. The normalized spacial score (nSPS) is 9.36. The molecule has 0 saturated heterocycles. The lowest BCUT2D eigenvalue weighted by molar-refractivity contribution is 0.618. The van der Waals surface area contributed by atoms with E-state index in [-0.39, 0.29) is 5.82 Å². The fourth-order valence-electron chi connectivity index (χ4n) is 1.02. The van der Waals surface area contributed by atoms with Gasteiger partial charge in [0.25, 0.3) is 0 Å². The minimum Gasteiger partial charge on any atom is -0.319 e. The minimum atomic E-state index is -0.189. The van der Waals surface area contributed by atoms with Gasteiger partial charge in [-0.3, -0.25) is 0 Å². The Kier molecular flexibility index (Phi) is 4.15. The van der Waals surface area contributed by atoms with E-state index in [0.717, 1.165) is 18.5 Å². The lowest BCUT2D eigenvalue weighted by Gasteiger charge is -1.95. The summed E-state index contributed by atoms with van der Waals surface area (Å²) in [6.07, 6.45) is 0.784. The zero-order valence-electron chi connectivity index (χ0n) is 8.52. The Morgan fingerprint density at radius 2 is 2.21 bits per heavy atom. The van der Waals surface area contributed by atoms with Gasteiger partial charge in [-0.15, -0.1) is 0 Å². The van der Waals surface area contributed by atoms with Crippen molar-refractivity contribution in [1.29, 1.82) is 0 Å². The van der Waals surface area contributed by atoms with Crippen LogP contribution in [0.2, 0.25) is 0 Å². The van der Waals surface area contributed by atoms with Crippen LogP contribution in [0.1, 0.15) is 17.5 Å². The maximum atomic E-state index is 13.1. The molecule has 0 bridgehead atoms. The average molecular weight is 191 g/mol. The van der Waals surface area contributed by atoms with Crippen LogP contribution in [0.25, 0.3) is 0 Å². The van der Waals surface area contributed by atoms with Gasteiger partial charge in [-0.25, -0.2) is 4.39 Å². The summed E-state index contributed by atoms with van der Waals surface area (Å²) in [5.74, 6) is 5.70. The Bertz CT molecular complexity index is 360. The summed E-state index contributed by atoms with van der Waals surface area (Å²) in [7, 11) is 1.88. The van der Waals surface area contributed by atoms with Crippen molar-refractivity contribution in [3.8, 4) is 11.8 Å². The summed E-state index contributed by atoms with van der Waals surface area (Å²) in [5, 5.41) is 3.00. The molecule has 1 nitrogen and oxygen atoms in total. The molecule has 1 rings (SSSR count). The van der Waals surface area contributed by atoms with Crippen LogP contribution in [0, 0.1) is 24.6 Å². The lowest BCUT2D eigenvalue weighted by atomic mass is 10.1. The highest BCUT2D eigenvalue weighted by Gasteiger charge is 1.95. The van der Waals surface area contributed by atoms with Crippen molar-refractivity contribution in [2.75, 3.05) is 13.6 Å². The van der Waals surface area contributed by atoms with Crippen molar-refractivity contribution < 1.29 is 4.39 Å². The van der Waals surface area contributed by atoms with Crippen LogP contribution in [0.4, 0.5) is 4.39 Å². The maximum absolute atomic E-state index is 13.1. The van der Waals surface area contributed by atoms with E-state index in [1.807, 2.05) is 13.1 Å². The Morgan fingerprint density at radius 3 is 2.86 bits per heavy atom. The minimum absolute atomic E-state index is 0.189. The molecule has 0 heterocycles. The first-order valence-corrected chi connectivity index (χ1v) is 4.63. The first-order valence-electron chi connectivity index (χ1n) is 4.63. The molecule has 0 aliphatic heterocycles. The van der Waals surface area contributed by atoms with Crippen molar-refractivity contribution in [2.24, 2.45) is 0 Å². The largest absolute Gasteiger partial charge is 0.319 e. The summed E-state index contributed by atoms with van der Waals surface area (Å²) in [6, 6.07) is 5.06. The third-order valence-corrected chi connectivity index (χ3v) is 1.90. The number of rotatable bonds is 2. The van der Waals surface area contributed by atoms with Gasteiger partial charge in [-0.05, 0) is 31.7 Å². The number of hydrogen-bond acceptors (Lipinski definition) is 1. The molecule has 0 aliphatic carbocycles. The Hall–Kier alpha value is -1.33. The molecule has 0 amide bonds. The van der Waals surface area contributed by atoms with Crippen molar-refractivity contribution >= 4 is 0 Å². The zero-order valence-corrected chi connectivity index (χ0v) is 8.52. The smallest absolute Gasteiger partial charge is 0.127 e. The third kappa shape index (κ3) is 3.20. The van der Waals surface area contributed by atoms with Crippen LogP contribution in [0.3, 0.4) is 0 Å². The number of benzene rings is 1. The number of hydrogen-bond donors (Lipinski definition) is 1. The second-order valence-electron chi connectivity index (χ2n) is 3.12. The quantitative estimate of drug-likeness (QED) is 0.557. The molecule has 2 heteroatoms. The molecular weight excluding hydrogens is 177 g/mol. The summed E-state index contributed by atoms with van der Waals surface area (Å²) in [5.41, 5.74) is 1.40. The molecule has 0 unspecified atom stereocenters. The van der Waals surface area contributed by atoms with E-state index in [1.54, 1.807) is 13.0 Å². The van der Waals surface area contributed by atoms with E-state index >= 15 is 0 Å². The Balaban J connectivity index is 2.66. The maximum Gasteiger partial charge on any atom is 0.127 e. The van der Waals surface area contributed by atoms with Crippen LogP contribution in [-0.2, 0) is 0 Å². The Labute approximate surface area is 84.3 Å². The van der Waals surface area contributed by atoms with Crippen molar-refractivity contribution in [3.05, 3.63) is 35.1 Å². The predicted octanol–water partition coefficient (Wildman–Crippen LogP) is 2.10. The lowest BCUT2D eigenvalue weighted by Crippen LogP contribution is -2.05. The van der Waals surface area contributed by atoms with Crippen molar-refractivity contribution in [1.82, 2.24) is 5.32 Å². The summed E-state index contributed by atoms with van der Waals surface area (Å²) < 4.78 is 13.1.